The van der Waals surface area contributed by atoms with E-state index in [1.165, 1.54) is 12.1 Å². The third kappa shape index (κ3) is 1.93. The van der Waals surface area contributed by atoms with Gasteiger partial charge in [0.1, 0.15) is 0 Å². The van der Waals surface area contributed by atoms with Crippen molar-refractivity contribution in [1.82, 2.24) is 4.98 Å². The standard InChI is InChI=1S/C13H10N2O4S/c14-7-1-3-9-12(5-7)15-11-4-2-8(20(17,18)19)6-10(11)13(9)16/h1-6H,14H2,(H,15,16)(H,17,18,19). The molecule has 0 fully saturated rings. The lowest BCUT2D eigenvalue weighted by molar-refractivity contribution is 0.483. The molecule has 0 saturated heterocycles. The summed E-state index contributed by atoms with van der Waals surface area (Å²) in [5.41, 5.74) is 6.90. The molecular weight excluding hydrogens is 280 g/mol. The summed E-state index contributed by atoms with van der Waals surface area (Å²) in [7, 11) is -4.34. The van der Waals surface area contributed by atoms with Crippen molar-refractivity contribution in [2.75, 3.05) is 5.73 Å². The quantitative estimate of drug-likeness (QED) is 0.357. The van der Waals surface area contributed by atoms with E-state index < -0.39 is 10.1 Å². The molecule has 20 heavy (non-hydrogen) atoms. The van der Waals surface area contributed by atoms with Gasteiger partial charge in [0.25, 0.3) is 10.1 Å². The fourth-order valence-electron chi connectivity index (χ4n) is 2.13. The average Bonchev–Trinajstić information content (AvgIpc) is 2.37. The highest BCUT2D eigenvalue weighted by Gasteiger charge is 2.12. The first kappa shape index (κ1) is 12.6. The number of nitrogen functional groups attached to an aromatic ring is 1. The van der Waals surface area contributed by atoms with E-state index in [2.05, 4.69) is 4.98 Å². The minimum absolute atomic E-state index is 0.192. The van der Waals surface area contributed by atoms with Crippen LogP contribution < -0.4 is 11.2 Å². The summed E-state index contributed by atoms with van der Waals surface area (Å²) in [4.78, 5) is 15.0. The molecule has 0 unspecified atom stereocenters. The van der Waals surface area contributed by atoms with Crippen LogP contribution in [0.15, 0.2) is 46.1 Å². The second kappa shape index (κ2) is 4.06. The number of nitrogens with two attached hydrogens (primary N) is 1. The molecule has 0 saturated carbocycles. The van der Waals surface area contributed by atoms with Crippen LogP contribution in [0.1, 0.15) is 0 Å². The Labute approximate surface area is 113 Å². The third-order valence-corrected chi connectivity index (χ3v) is 3.94. The van der Waals surface area contributed by atoms with Crippen molar-refractivity contribution < 1.29 is 13.0 Å². The normalized spacial score (nSPS) is 12.1. The van der Waals surface area contributed by atoms with Crippen molar-refractivity contribution in [3.05, 3.63) is 46.6 Å². The summed E-state index contributed by atoms with van der Waals surface area (Å²) < 4.78 is 31.3. The predicted molar refractivity (Wildman–Crippen MR) is 76.3 cm³/mol. The van der Waals surface area contributed by atoms with Gasteiger partial charge in [-0.05, 0) is 36.4 Å². The van der Waals surface area contributed by atoms with Crippen LogP contribution in [0.5, 0.6) is 0 Å². The minimum atomic E-state index is -4.34. The number of aromatic amines is 1. The molecule has 0 bridgehead atoms. The van der Waals surface area contributed by atoms with Gasteiger partial charge in [-0.15, -0.1) is 0 Å². The minimum Gasteiger partial charge on any atom is -0.399 e. The fraction of sp³-hybridized carbons (Fsp3) is 0. The van der Waals surface area contributed by atoms with Crippen LogP contribution >= 0.6 is 0 Å². The molecule has 0 amide bonds. The summed E-state index contributed by atoms with van der Waals surface area (Å²) in [5, 5.41) is 0.594. The maximum Gasteiger partial charge on any atom is 0.294 e. The van der Waals surface area contributed by atoms with Crippen LogP contribution in [0.4, 0.5) is 5.69 Å². The predicted octanol–water partition coefficient (Wildman–Crippen LogP) is 1.51. The highest BCUT2D eigenvalue weighted by molar-refractivity contribution is 7.85. The van der Waals surface area contributed by atoms with Crippen LogP contribution in [-0.4, -0.2) is 18.0 Å². The molecular formula is C13H10N2O4S. The molecule has 0 spiro atoms. The number of fused-ring (bicyclic) bond motifs is 2. The molecule has 0 aliphatic carbocycles. The Bertz CT molecular complexity index is 1010. The number of nitrogens with one attached hydrogen (secondary N) is 1. The van der Waals surface area contributed by atoms with E-state index in [1.807, 2.05) is 0 Å². The zero-order valence-electron chi connectivity index (χ0n) is 10.1. The average molecular weight is 290 g/mol. The molecule has 0 aliphatic rings. The topological polar surface area (TPSA) is 113 Å². The summed E-state index contributed by atoms with van der Waals surface area (Å²) in [5.74, 6) is 0. The van der Waals surface area contributed by atoms with Gasteiger partial charge in [-0.25, -0.2) is 0 Å². The zero-order chi connectivity index (χ0) is 14.5. The van der Waals surface area contributed by atoms with E-state index in [0.29, 0.717) is 22.1 Å². The van der Waals surface area contributed by atoms with Crippen molar-refractivity contribution in [2.45, 2.75) is 4.90 Å². The van der Waals surface area contributed by atoms with Crippen molar-refractivity contribution in [3.63, 3.8) is 0 Å². The highest BCUT2D eigenvalue weighted by Crippen LogP contribution is 2.19. The molecule has 0 aliphatic heterocycles. The maximum absolute atomic E-state index is 12.3. The Morgan fingerprint density at radius 3 is 2.45 bits per heavy atom. The van der Waals surface area contributed by atoms with Crippen LogP contribution in [0, 0.1) is 0 Å². The number of H-pyrrole nitrogens is 1. The van der Waals surface area contributed by atoms with Crippen molar-refractivity contribution in [1.29, 1.82) is 0 Å². The first-order valence-electron chi connectivity index (χ1n) is 5.69. The largest absolute Gasteiger partial charge is 0.399 e. The smallest absolute Gasteiger partial charge is 0.294 e. The number of pyridine rings is 1. The van der Waals surface area contributed by atoms with Crippen LogP contribution in [0.25, 0.3) is 21.8 Å². The Balaban J connectivity index is 2.48. The molecule has 1 aromatic heterocycles. The van der Waals surface area contributed by atoms with Gasteiger partial charge >= 0.3 is 0 Å². The van der Waals surface area contributed by atoms with Crippen LogP contribution in [0.2, 0.25) is 0 Å². The van der Waals surface area contributed by atoms with Gasteiger partial charge in [0.2, 0.25) is 0 Å². The Kier molecular flexibility index (Phi) is 2.56. The first-order valence-corrected chi connectivity index (χ1v) is 7.13. The van der Waals surface area contributed by atoms with Gasteiger partial charge in [0.15, 0.2) is 5.43 Å². The lowest BCUT2D eigenvalue weighted by Gasteiger charge is -2.05. The summed E-state index contributed by atoms with van der Waals surface area (Å²) >= 11 is 0. The van der Waals surface area contributed by atoms with Crippen molar-refractivity contribution in [2.24, 2.45) is 0 Å². The van der Waals surface area contributed by atoms with E-state index in [1.54, 1.807) is 18.2 Å². The summed E-state index contributed by atoms with van der Waals surface area (Å²) in [6, 6.07) is 8.61. The number of hydrogen-bond donors (Lipinski definition) is 3. The second-order valence-corrected chi connectivity index (χ2v) is 5.86. The molecule has 0 atom stereocenters. The van der Waals surface area contributed by atoms with Gasteiger partial charge in [-0.3, -0.25) is 9.35 Å². The first-order chi connectivity index (χ1) is 9.36. The lowest BCUT2D eigenvalue weighted by atomic mass is 10.1. The molecule has 3 rings (SSSR count). The lowest BCUT2D eigenvalue weighted by Crippen LogP contribution is -2.06. The Morgan fingerprint density at radius 1 is 1.00 bits per heavy atom. The molecule has 1 heterocycles. The van der Waals surface area contributed by atoms with Gasteiger partial charge < -0.3 is 10.7 Å². The molecule has 102 valence electrons. The van der Waals surface area contributed by atoms with E-state index in [9.17, 15) is 13.2 Å². The van der Waals surface area contributed by atoms with E-state index in [0.717, 1.165) is 6.07 Å². The number of rotatable bonds is 1. The third-order valence-electron chi connectivity index (χ3n) is 3.09. The van der Waals surface area contributed by atoms with E-state index in [-0.39, 0.29) is 15.7 Å². The number of benzene rings is 2. The van der Waals surface area contributed by atoms with Gasteiger partial charge in [0.05, 0.1) is 10.4 Å². The molecule has 7 heteroatoms. The van der Waals surface area contributed by atoms with Gasteiger partial charge in [-0.2, -0.15) is 8.42 Å². The maximum atomic E-state index is 12.3. The fourth-order valence-corrected chi connectivity index (χ4v) is 2.64. The van der Waals surface area contributed by atoms with Crippen LogP contribution in [-0.2, 0) is 10.1 Å². The Morgan fingerprint density at radius 2 is 1.75 bits per heavy atom. The van der Waals surface area contributed by atoms with Gasteiger partial charge in [-0.1, -0.05) is 0 Å². The van der Waals surface area contributed by atoms with E-state index in [4.69, 9.17) is 10.3 Å². The summed E-state index contributed by atoms with van der Waals surface area (Å²) in [6.45, 7) is 0. The summed E-state index contributed by atoms with van der Waals surface area (Å²) in [6.07, 6.45) is 0. The SMILES string of the molecule is Nc1ccc2c(=O)c3cc(S(=O)(=O)O)ccc3[nH]c2c1. The van der Waals surface area contributed by atoms with Crippen molar-refractivity contribution >= 4 is 37.6 Å². The molecule has 4 N–H and O–H groups in total. The van der Waals surface area contributed by atoms with Crippen molar-refractivity contribution in [3.8, 4) is 0 Å². The Hall–Kier alpha value is -2.38. The molecule has 3 aromatic rings. The number of aromatic nitrogens is 1. The van der Waals surface area contributed by atoms with Gasteiger partial charge in [0, 0.05) is 22.0 Å². The number of anilines is 1. The highest BCUT2D eigenvalue weighted by atomic mass is 32.2. The zero-order valence-corrected chi connectivity index (χ0v) is 10.9. The molecule has 2 aromatic carbocycles. The van der Waals surface area contributed by atoms with E-state index >= 15 is 0 Å². The van der Waals surface area contributed by atoms with Crippen LogP contribution in [0.3, 0.4) is 0 Å². The number of hydrogen-bond acceptors (Lipinski definition) is 4. The monoisotopic (exact) mass is 290 g/mol. The molecule has 0 radical (unpaired) electrons. The second-order valence-electron chi connectivity index (χ2n) is 4.44. The molecule has 6 nitrogen and oxygen atoms in total.